The van der Waals surface area contributed by atoms with E-state index in [9.17, 15) is 4.79 Å². The molecule has 0 spiro atoms. The fraction of sp³-hybridized carbons (Fsp3) is 0.0952. The normalized spacial score (nSPS) is 17.8. The maximum absolute atomic E-state index is 12.2. The predicted molar refractivity (Wildman–Crippen MR) is 124 cm³/mol. The highest BCUT2D eigenvalue weighted by atomic mass is 35.5. The van der Waals surface area contributed by atoms with Crippen LogP contribution in [0.5, 0.6) is 0 Å². The van der Waals surface area contributed by atoms with Crippen molar-refractivity contribution >= 4 is 63.9 Å². The van der Waals surface area contributed by atoms with Gasteiger partial charge < -0.3 is 9.73 Å². The number of amidine groups is 1. The Balaban J connectivity index is 1.41. The third kappa shape index (κ3) is 5.08. The number of benzene rings is 2. The van der Waals surface area contributed by atoms with Crippen molar-refractivity contribution < 1.29 is 9.21 Å². The number of hydrogen-bond acceptors (Lipinski definition) is 5. The molecule has 0 radical (unpaired) electrons. The largest absolute Gasteiger partial charge is 0.455 e. The van der Waals surface area contributed by atoms with Crippen LogP contribution in [0.4, 0.5) is 0 Å². The Hall–Kier alpha value is -2.25. The van der Waals surface area contributed by atoms with Crippen molar-refractivity contribution in [2.24, 2.45) is 10.2 Å². The highest BCUT2D eigenvalue weighted by molar-refractivity contribution is 8.15. The van der Waals surface area contributed by atoms with E-state index in [4.69, 9.17) is 39.2 Å². The Kier molecular flexibility index (Phi) is 6.49. The van der Waals surface area contributed by atoms with Gasteiger partial charge in [0.05, 0.1) is 16.5 Å². The van der Waals surface area contributed by atoms with E-state index in [0.717, 1.165) is 5.56 Å². The van der Waals surface area contributed by atoms with Gasteiger partial charge in [-0.15, -0.1) is 5.10 Å². The van der Waals surface area contributed by atoms with Crippen molar-refractivity contribution in [1.82, 2.24) is 5.32 Å². The average Bonchev–Trinajstić information content (AvgIpc) is 3.31. The summed E-state index contributed by atoms with van der Waals surface area (Å²) < 4.78 is 5.73. The van der Waals surface area contributed by atoms with Gasteiger partial charge in [-0.2, -0.15) is 5.10 Å². The fourth-order valence-corrected chi connectivity index (χ4v) is 4.42. The zero-order valence-corrected chi connectivity index (χ0v) is 18.4. The van der Waals surface area contributed by atoms with E-state index in [1.165, 1.54) is 18.0 Å². The summed E-state index contributed by atoms with van der Waals surface area (Å²) in [5.74, 6) is 0.960. The molecule has 152 valence electrons. The van der Waals surface area contributed by atoms with Crippen LogP contribution in [-0.4, -0.2) is 22.5 Å². The van der Waals surface area contributed by atoms with E-state index in [-0.39, 0.29) is 11.2 Å². The molecule has 4 rings (SSSR count). The lowest BCUT2D eigenvalue weighted by Crippen LogP contribution is -2.25. The number of amides is 1. The van der Waals surface area contributed by atoms with Crippen LogP contribution in [-0.2, 0) is 11.2 Å². The molecular weight excluding hydrogens is 465 g/mol. The minimum absolute atomic E-state index is 0.107. The van der Waals surface area contributed by atoms with Gasteiger partial charge in [0.25, 0.3) is 0 Å². The lowest BCUT2D eigenvalue weighted by molar-refractivity contribution is -0.118. The standard InChI is InChI=1S/C21H14Cl3N3O2S/c22-13-3-1-2-12(8-13)9-19-20(28)26-21(30-19)27-25-11-15-5-7-18(29-15)16-10-14(23)4-6-17(16)24/h1-8,10-11,19H,9H2,(H,26,27,28). The van der Waals surface area contributed by atoms with Gasteiger partial charge in [-0.05, 0) is 54.4 Å². The summed E-state index contributed by atoms with van der Waals surface area (Å²) >= 11 is 19.6. The van der Waals surface area contributed by atoms with Crippen LogP contribution in [0.2, 0.25) is 15.1 Å². The summed E-state index contributed by atoms with van der Waals surface area (Å²) in [7, 11) is 0. The number of thioether (sulfide) groups is 1. The average molecular weight is 479 g/mol. The fourth-order valence-electron chi connectivity index (χ4n) is 2.86. The Morgan fingerprint density at radius 1 is 1.07 bits per heavy atom. The number of nitrogens with one attached hydrogen (secondary N) is 1. The molecule has 1 aliphatic heterocycles. The zero-order valence-electron chi connectivity index (χ0n) is 15.3. The van der Waals surface area contributed by atoms with E-state index < -0.39 is 0 Å². The van der Waals surface area contributed by atoms with E-state index in [0.29, 0.717) is 43.7 Å². The van der Waals surface area contributed by atoms with Crippen molar-refractivity contribution in [1.29, 1.82) is 0 Å². The molecule has 0 aliphatic carbocycles. The van der Waals surface area contributed by atoms with Crippen molar-refractivity contribution in [2.45, 2.75) is 11.7 Å². The van der Waals surface area contributed by atoms with Gasteiger partial charge in [0.2, 0.25) is 5.91 Å². The number of hydrogen-bond donors (Lipinski definition) is 1. The number of nitrogens with zero attached hydrogens (tertiary/aromatic N) is 2. The number of rotatable bonds is 5. The van der Waals surface area contributed by atoms with Crippen molar-refractivity contribution in [3.63, 3.8) is 0 Å². The molecule has 3 aromatic rings. The van der Waals surface area contributed by atoms with Crippen molar-refractivity contribution in [3.8, 4) is 11.3 Å². The minimum Gasteiger partial charge on any atom is -0.455 e. The molecule has 30 heavy (non-hydrogen) atoms. The second-order valence-corrected chi connectivity index (χ2v) is 8.88. The number of halogens is 3. The lowest BCUT2D eigenvalue weighted by atomic mass is 10.1. The molecule has 1 unspecified atom stereocenters. The molecule has 0 bridgehead atoms. The first-order valence-corrected chi connectivity index (χ1v) is 10.9. The third-order valence-electron chi connectivity index (χ3n) is 4.24. The molecule has 1 saturated heterocycles. The van der Waals surface area contributed by atoms with Crippen LogP contribution in [0.1, 0.15) is 11.3 Å². The molecule has 0 saturated carbocycles. The number of furan rings is 1. The molecule has 2 aromatic carbocycles. The summed E-state index contributed by atoms with van der Waals surface area (Å²) in [6, 6.07) is 16.1. The van der Waals surface area contributed by atoms with Crippen LogP contribution in [0.25, 0.3) is 11.3 Å². The monoisotopic (exact) mass is 477 g/mol. The molecule has 1 N–H and O–H groups in total. The lowest BCUT2D eigenvalue weighted by Gasteiger charge is -2.05. The third-order valence-corrected chi connectivity index (χ3v) is 6.11. The summed E-state index contributed by atoms with van der Waals surface area (Å²) in [5.41, 5.74) is 1.68. The highest BCUT2D eigenvalue weighted by Gasteiger charge is 2.30. The van der Waals surface area contributed by atoms with Gasteiger partial charge in [-0.1, -0.05) is 58.7 Å². The first-order valence-electron chi connectivity index (χ1n) is 8.86. The van der Waals surface area contributed by atoms with E-state index >= 15 is 0 Å². The van der Waals surface area contributed by atoms with Gasteiger partial charge >= 0.3 is 0 Å². The molecule has 9 heteroatoms. The summed E-state index contributed by atoms with van der Waals surface area (Å²) in [6.45, 7) is 0. The predicted octanol–water partition coefficient (Wildman–Crippen LogP) is 6.07. The Morgan fingerprint density at radius 3 is 2.73 bits per heavy atom. The van der Waals surface area contributed by atoms with Crippen LogP contribution in [0.15, 0.2) is 69.2 Å². The highest BCUT2D eigenvalue weighted by Crippen LogP contribution is 2.31. The smallest absolute Gasteiger partial charge is 0.239 e. The van der Waals surface area contributed by atoms with Crippen molar-refractivity contribution in [2.75, 3.05) is 0 Å². The molecule has 1 aromatic heterocycles. The first kappa shape index (κ1) is 21.0. The number of carbonyl (C=O) groups is 1. The molecule has 1 aliphatic rings. The quantitative estimate of drug-likeness (QED) is 0.357. The molecule has 2 heterocycles. The van der Waals surface area contributed by atoms with Gasteiger partial charge in [-0.25, -0.2) is 0 Å². The SMILES string of the molecule is O=C1N/C(=N\N=Cc2ccc(-c3cc(Cl)ccc3Cl)o2)SC1Cc1cccc(Cl)c1. The van der Waals surface area contributed by atoms with E-state index in [1.807, 2.05) is 18.2 Å². The maximum atomic E-state index is 12.2. The molecule has 1 atom stereocenters. The maximum Gasteiger partial charge on any atom is 0.239 e. The van der Waals surface area contributed by atoms with E-state index in [2.05, 4.69) is 15.5 Å². The summed E-state index contributed by atoms with van der Waals surface area (Å²) in [4.78, 5) is 12.2. The van der Waals surface area contributed by atoms with Crippen LogP contribution in [0.3, 0.4) is 0 Å². The van der Waals surface area contributed by atoms with Gasteiger partial charge in [-0.3, -0.25) is 4.79 Å². The summed E-state index contributed by atoms with van der Waals surface area (Å²) in [6.07, 6.45) is 2.02. The second kappa shape index (κ2) is 9.27. The molecule has 1 amide bonds. The van der Waals surface area contributed by atoms with Gasteiger partial charge in [0.1, 0.15) is 11.5 Å². The van der Waals surface area contributed by atoms with E-state index in [1.54, 1.807) is 36.4 Å². The van der Waals surface area contributed by atoms with Gasteiger partial charge in [0.15, 0.2) is 5.17 Å². The number of carbonyl (C=O) groups excluding carboxylic acids is 1. The summed E-state index contributed by atoms with van der Waals surface area (Å²) in [5, 5.41) is 12.7. The molecule has 5 nitrogen and oxygen atoms in total. The molecular formula is C21H14Cl3N3O2S. The van der Waals surface area contributed by atoms with Crippen molar-refractivity contribution in [3.05, 3.63) is 81.0 Å². The second-order valence-electron chi connectivity index (χ2n) is 6.41. The van der Waals surface area contributed by atoms with Crippen LogP contribution >= 0.6 is 46.6 Å². The Labute approximate surface area is 192 Å². The van der Waals surface area contributed by atoms with Crippen LogP contribution < -0.4 is 5.32 Å². The topological polar surface area (TPSA) is 67.0 Å². The first-order chi connectivity index (χ1) is 14.5. The Bertz CT molecular complexity index is 1160. The van der Waals surface area contributed by atoms with Gasteiger partial charge in [0, 0.05) is 15.6 Å². The van der Waals surface area contributed by atoms with Crippen LogP contribution in [0, 0.1) is 0 Å². The molecule has 1 fully saturated rings. The Morgan fingerprint density at radius 2 is 1.90 bits per heavy atom. The zero-order chi connectivity index (χ0) is 21.1. The minimum atomic E-state index is -0.280.